The van der Waals surface area contributed by atoms with E-state index < -0.39 is 0 Å². The lowest BCUT2D eigenvalue weighted by molar-refractivity contribution is -0.130. The summed E-state index contributed by atoms with van der Waals surface area (Å²) in [5, 5.41) is 6.08. The van der Waals surface area contributed by atoms with Gasteiger partial charge < -0.3 is 10.1 Å². The number of aromatic nitrogens is 1. The number of ether oxygens (including phenoxy) is 1. The summed E-state index contributed by atoms with van der Waals surface area (Å²) in [6.07, 6.45) is 2.48. The topological polar surface area (TPSA) is 51.2 Å². The third kappa shape index (κ3) is 3.04. The van der Waals surface area contributed by atoms with Gasteiger partial charge in [0, 0.05) is 12.0 Å². The van der Waals surface area contributed by atoms with Crippen LogP contribution in [0.25, 0.3) is 0 Å². The van der Waals surface area contributed by atoms with Crippen LogP contribution in [0.4, 0.5) is 0 Å². The van der Waals surface area contributed by atoms with E-state index in [4.69, 9.17) is 4.74 Å². The molecule has 94 valence electrons. The second kappa shape index (κ2) is 5.60. The van der Waals surface area contributed by atoms with Crippen LogP contribution in [0.15, 0.2) is 5.38 Å². The Bertz CT molecular complexity index is 386. The lowest BCUT2D eigenvalue weighted by Crippen LogP contribution is -2.35. The number of hydrogen-bond donors (Lipinski definition) is 1. The van der Waals surface area contributed by atoms with Gasteiger partial charge in [-0.3, -0.25) is 4.79 Å². The van der Waals surface area contributed by atoms with Gasteiger partial charge in [-0.05, 0) is 26.2 Å². The number of hydrogen-bond acceptors (Lipinski definition) is 4. The Morgan fingerprint density at radius 3 is 3.18 bits per heavy atom. The number of nitrogens with zero attached hydrogens (tertiary/aromatic N) is 1. The highest BCUT2D eigenvalue weighted by Crippen LogP contribution is 2.18. The molecule has 0 aromatic carbocycles. The zero-order valence-electron chi connectivity index (χ0n) is 10.2. The molecule has 1 aromatic rings. The molecule has 2 atom stereocenters. The summed E-state index contributed by atoms with van der Waals surface area (Å²) in [7, 11) is 0. The monoisotopic (exact) mass is 254 g/mol. The minimum atomic E-state index is -0.262. The van der Waals surface area contributed by atoms with Gasteiger partial charge in [0.2, 0.25) is 5.91 Å². The van der Waals surface area contributed by atoms with Crippen LogP contribution in [0.5, 0.6) is 0 Å². The molecule has 0 radical (unpaired) electrons. The van der Waals surface area contributed by atoms with Crippen LogP contribution >= 0.6 is 11.3 Å². The number of carbonyl (C=O) groups is 1. The van der Waals surface area contributed by atoms with Crippen molar-refractivity contribution in [2.75, 3.05) is 6.61 Å². The normalized spacial score (nSPS) is 21.4. The van der Waals surface area contributed by atoms with Crippen molar-refractivity contribution in [1.29, 1.82) is 0 Å². The predicted molar refractivity (Wildman–Crippen MR) is 67.0 cm³/mol. The predicted octanol–water partition coefficient (Wildman–Crippen LogP) is 2.06. The molecule has 4 nitrogen and oxygen atoms in total. The summed E-state index contributed by atoms with van der Waals surface area (Å²) in [4.78, 5) is 16.3. The molecule has 0 bridgehead atoms. The van der Waals surface area contributed by atoms with E-state index in [1.54, 1.807) is 11.3 Å². The van der Waals surface area contributed by atoms with E-state index in [2.05, 4.69) is 17.2 Å². The zero-order chi connectivity index (χ0) is 12.3. The van der Waals surface area contributed by atoms with Crippen molar-refractivity contribution in [2.45, 2.75) is 45.3 Å². The highest BCUT2D eigenvalue weighted by Gasteiger charge is 2.25. The minimum Gasteiger partial charge on any atom is -0.368 e. The number of aryl methyl sites for hydroxylation is 1. The first-order valence-electron chi connectivity index (χ1n) is 6.07. The van der Waals surface area contributed by atoms with E-state index in [1.807, 2.05) is 12.3 Å². The van der Waals surface area contributed by atoms with E-state index in [9.17, 15) is 4.79 Å². The molecule has 1 aromatic heterocycles. The van der Waals surface area contributed by atoms with Crippen LogP contribution in [-0.4, -0.2) is 23.6 Å². The Kier molecular flexibility index (Phi) is 4.12. The van der Waals surface area contributed by atoms with Crippen LogP contribution < -0.4 is 5.32 Å². The summed E-state index contributed by atoms with van der Waals surface area (Å²) in [5.74, 6) is -0.0129. The van der Waals surface area contributed by atoms with E-state index in [1.165, 1.54) is 0 Å². The van der Waals surface area contributed by atoms with Crippen molar-refractivity contribution in [2.24, 2.45) is 0 Å². The Morgan fingerprint density at radius 2 is 2.59 bits per heavy atom. The molecule has 0 aliphatic carbocycles. The van der Waals surface area contributed by atoms with Gasteiger partial charge in [-0.15, -0.1) is 11.3 Å². The maximum absolute atomic E-state index is 11.8. The highest BCUT2D eigenvalue weighted by atomic mass is 32.1. The molecule has 1 saturated heterocycles. The zero-order valence-corrected chi connectivity index (χ0v) is 11.0. The molecule has 0 spiro atoms. The number of rotatable bonds is 4. The minimum absolute atomic E-state index is 0.0129. The van der Waals surface area contributed by atoms with E-state index in [0.717, 1.165) is 30.0 Å². The van der Waals surface area contributed by atoms with Crippen LogP contribution in [0, 0.1) is 0 Å². The molecule has 1 amide bonds. The smallest absolute Gasteiger partial charge is 0.249 e. The molecule has 1 aliphatic heterocycles. The highest BCUT2D eigenvalue weighted by molar-refractivity contribution is 7.09. The molecule has 0 saturated carbocycles. The van der Waals surface area contributed by atoms with Crippen molar-refractivity contribution < 1.29 is 9.53 Å². The fraction of sp³-hybridized carbons (Fsp3) is 0.667. The first-order valence-corrected chi connectivity index (χ1v) is 6.95. The number of carbonyl (C=O) groups excluding carboxylic acids is 1. The van der Waals surface area contributed by atoms with E-state index in [-0.39, 0.29) is 18.1 Å². The van der Waals surface area contributed by atoms with Gasteiger partial charge in [-0.2, -0.15) is 0 Å². The van der Waals surface area contributed by atoms with Crippen molar-refractivity contribution in [1.82, 2.24) is 10.3 Å². The second-order valence-electron chi connectivity index (χ2n) is 4.25. The summed E-state index contributed by atoms with van der Waals surface area (Å²) in [5.41, 5.74) is 0.943. The average Bonchev–Trinajstić information content (AvgIpc) is 3.00. The lowest BCUT2D eigenvalue weighted by Gasteiger charge is -2.15. The van der Waals surface area contributed by atoms with Gasteiger partial charge in [0.05, 0.1) is 16.7 Å². The molecule has 17 heavy (non-hydrogen) atoms. The number of nitrogens with one attached hydrogen (secondary N) is 1. The molecule has 1 aliphatic rings. The van der Waals surface area contributed by atoms with Gasteiger partial charge >= 0.3 is 0 Å². The van der Waals surface area contributed by atoms with Gasteiger partial charge in [-0.25, -0.2) is 4.98 Å². The molecule has 2 rings (SSSR count). The van der Waals surface area contributed by atoms with Crippen LogP contribution in [0.1, 0.15) is 43.4 Å². The van der Waals surface area contributed by atoms with E-state index in [0.29, 0.717) is 6.61 Å². The summed E-state index contributed by atoms with van der Waals surface area (Å²) >= 11 is 1.64. The molecule has 2 heterocycles. The fourth-order valence-electron chi connectivity index (χ4n) is 1.85. The Balaban J connectivity index is 1.91. The Morgan fingerprint density at radius 1 is 1.76 bits per heavy atom. The maximum Gasteiger partial charge on any atom is 0.249 e. The standard InChI is InChI=1S/C12H18N2O2S/c1-3-11-14-9(7-17-11)8(2)13-12(15)10-5-4-6-16-10/h7-8,10H,3-6H2,1-2H3,(H,13,15). The second-order valence-corrected chi connectivity index (χ2v) is 5.19. The molecular formula is C12H18N2O2S. The number of thiazole rings is 1. The molecule has 1 fully saturated rings. The van der Waals surface area contributed by atoms with Crippen molar-refractivity contribution in [3.05, 3.63) is 16.1 Å². The largest absolute Gasteiger partial charge is 0.368 e. The molecule has 2 unspecified atom stereocenters. The SMILES string of the molecule is CCc1nc(C(C)NC(=O)C2CCCO2)cs1. The van der Waals surface area contributed by atoms with Crippen molar-refractivity contribution in [3.63, 3.8) is 0 Å². The quantitative estimate of drug-likeness (QED) is 0.894. The van der Waals surface area contributed by atoms with Crippen LogP contribution in [-0.2, 0) is 16.0 Å². The lowest BCUT2D eigenvalue weighted by atomic mass is 10.2. The van der Waals surface area contributed by atoms with Gasteiger partial charge in [-0.1, -0.05) is 6.92 Å². The van der Waals surface area contributed by atoms with Crippen molar-refractivity contribution in [3.8, 4) is 0 Å². The van der Waals surface area contributed by atoms with Gasteiger partial charge in [0.15, 0.2) is 0 Å². The van der Waals surface area contributed by atoms with Gasteiger partial charge in [0.25, 0.3) is 0 Å². The average molecular weight is 254 g/mol. The first-order chi connectivity index (χ1) is 8.20. The van der Waals surface area contributed by atoms with Gasteiger partial charge in [0.1, 0.15) is 6.10 Å². The summed E-state index contributed by atoms with van der Waals surface area (Å²) in [6, 6.07) is -0.0387. The third-order valence-corrected chi connectivity index (χ3v) is 3.91. The summed E-state index contributed by atoms with van der Waals surface area (Å²) < 4.78 is 5.35. The van der Waals surface area contributed by atoms with E-state index >= 15 is 0 Å². The van der Waals surface area contributed by atoms with Crippen LogP contribution in [0.2, 0.25) is 0 Å². The third-order valence-electron chi connectivity index (χ3n) is 2.90. The molecule has 5 heteroatoms. The maximum atomic E-state index is 11.8. The fourth-order valence-corrected chi connectivity index (χ4v) is 2.69. The van der Waals surface area contributed by atoms with Crippen LogP contribution in [0.3, 0.4) is 0 Å². The Hall–Kier alpha value is -0.940. The number of amides is 1. The first kappa shape index (κ1) is 12.5. The molecule has 1 N–H and O–H groups in total. The molecular weight excluding hydrogens is 236 g/mol. The summed E-state index contributed by atoms with van der Waals surface area (Å²) in [6.45, 7) is 4.74. The Labute approximate surface area is 105 Å². The van der Waals surface area contributed by atoms with Crippen molar-refractivity contribution >= 4 is 17.2 Å².